The second-order valence-corrected chi connectivity index (χ2v) is 6.14. The summed E-state index contributed by atoms with van der Waals surface area (Å²) in [7, 11) is 2.04. The standard InChI is InChI=1S/C17H26N4/c1-3-18-11-14-7-6-10-21(12-14)13-16-15-8-4-5-9-17(15)20(2)19-16/h4-5,8-9,14,18H,3,6-7,10-13H2,1-2H3. The molecule has 1 aliphatic rings. The van der Waals surface area contributed by atoms with E-state index >= 15 is 0 Å². The maximum Gasteiger partial charge on any atom is 0.0843 e. The summed E-state index contributed by atoms with van der Waals surface area (Å²) in [6, 6.07) is 8.53. The number of nitrogens with zero attached hydrogens (tertiary/aromatic N) is 3. The first-order valence-electron chi connectivity index (χ1n) is 8.11. The number of hydrogen-bond acceptors (Lipinski definition) is 3. The Morgan fingerprint density at radius 1 is 1.33 bits per heavy atom. The smallest absolute Gasteiger partial charge is 0.0843 e. The number of rotatable bonds is 5. The van der Waals surface area contributed by atoms with Crippen molar-refractivity contribution in [3.63, 3.8) is 0 Å². The van der Waals surface area contributed by atoms with Gasteiger partial charge >= 0.3 is 0 Å². The Morgan fingerprint density at radius 3 is 3.05 bits per heavy atom. The minimum Gasteiger partial charge on any atom is -0.317 e. The van der Waals surface area contributed by atoms with Crippen LogP contribution in [0.2, 0.25) is 0 Å². The van der Waals surface area contributed by atoms with Crippen LogP contribution in [0.1, 0.15) is 25.5 Å². The highest BCUT2D eigenvalue weighted by Crippen LogP contribution is 2.22. The fourth-order valence-electron chi connectivity index (χ4n) is 3.43. The van der Waals surface area contributed by atoms with E-state index in [0.717, 1.165) is 25.6 Å². The van der Waals surface area contributed by atoms with Crippen LogP contribution in [0.25, 0.3) is 10.9 Å². The predicted molar refractivity (Wildman–Crippen MR) is 87.3 cm³/mol. The molecule has 1 aromatic carbocycles. The molecule has 1 aliphatic heterocycles. The zero-order valence-corrected chi connectivity index (χ0v) is 13.2. The predicted octanol–water partition coefficient (Wildman–Crippen LogP) is 2.39. The number of likely N-dealkylation sites (tertiary alicyclic amines) is 1. The van der Waals surface area contributed by atoms with Crippen molar-refractivity contribution in [2.45, 2.75) is 26.3 Å². The van der Waals surface area contributed by atoms with Crippen LogP contribution in [-0.4, -0.2) is 40.9 Å². The Hall–Kier alpha value is -1.39. The average Bonchev–Trinajstić information content (AvgIpc) is 2.82. The summed E-state index contributed by atoms with van der Waals surface area (Å²) in [5.74, 6) is 0.786. The van der Waals surface area contributed by atoms with Gasteiger partial charge in [0.15, 0.2) is 0 Å². The lowest BCUT2D eigenvalue weighted by Gasteiger charge is -2.32. The largest absolute Gasteiger partial charge is 0.317 e. The first-order valence-corrected chi connectivity index (χ1v) is 8.11. The van der Waals surface area contributed by atoms with Crippen molar-refractivity contribution in [1.29, 1.82) is 0 Å². The molecule has 1 saturated heterocycles. The normalized spacial score (nSPS) is 20.2. The van der Waals surface area contributed by atoms with Crippen LogP contribution in [0.15, 0.2) is 24.3 Å². The lowest BCUT2D eigenvalue weighted by molar-refractivity contribution is 0.164. The molecular weight excluding hydrogens is 260 g/mol. The second kappa shape index (κ2) is 6.58. The van der Waals surface area contributed by atoms with Crippen LogP contribution in [0.4, 0.5) is 0 Å². The van der Waals surface area contributed by atoms with Gasteiger partial charge in [0.25, 0.3) is 0 Å². The van der Waals surface area contributed by atoms with Crippen LogP contribution < -0.4 is 5.32 Å². The van der Waals surface area contributed by atoms with Gasteiger partial charge in [-0.1, -0.05) is 25.1 Å². The molecule has 114 valence electrons. The van der Waals surface area contributed by atoms with Gasteiger partial charge in [-0.05, 0) is 44.5 Å². The third kappa shape index (κ3) is 3.27. The van der Waals surface area contributed by atoms with Crippen LogP contribution in [0.5, 0.6) is 0 Å². The first-order chi connectivity index (χ1) is 10.3. The van der Waals surface area contributed by atoms with Gasteiger partial charge in [0.2, 0.25) is 0 Å². The van der Waals surface area contributed by atoms with Gasteiger partial charge in [-0.3, -0.25) is 9.58 Å². The second-order valence-electron chi connectivity index (χ2n) is 6.14. The number of nitrogens with one attached hydrogen (secondary N) is 1. The van der Waals surface area contributed by atoms with Crippen LogP contribution >= 0.6 is 0 Å². The van der Waals surface area contributed by atoms with Gasteiger partial charge in [-0.2, -0.15) is 5.10 Å². The lowest BCUT2D eigenvalue weighted by Crippen LogP contribution is -2.39. The molecule has 1 atom stereocenters. The van der Waals surface area contributed by atoms with Crippen LogP contribution in [0.3, 0.4) is 0 Å². The Morgan fingerprint density at radius 2 is 2.19 bits per heavy atom. The van der Waals surface area contributed by atoms with Crippen molar-refractivity contribution in [3.05, 3.63) is 30.0 Å². The number of para-hydroxylation sites is 1. The molecule has 0 saturated carbocycles. The molecule has 0 aliphatic carbocycles. The van der Waals surface area contributed by atoms with Crippen LogP contribution in [0, 0.1) is 5.92 Å². The van der Waals surface area contributed by atoms with Gasteiger partial charge in [0, 0.05) is 25.5 Å². The molecule has 0 amide bonds. The molecule has 21 heavy (non-hydrogen) atoms. The molecule has 4 nitrogen and oxygen atoms in total. The van der Waals surface area contributed by atoms with Crippen molar-refractivity contribution in [3.8, 4) is 0 Å². The summed E-state index contributed by atoms with van der Waals surface area (Å²) in [4.78, 5) is 2.57. The highest BCUT2D eigenvalue weighted by atomic mass is 15.3. The summed E-state index contributed by atoms with van der Waals surface area (Å²) in [6.07, 6.45) is 2.66. The molecule has 0 bridgehead atoms. The van der Waals surface area contributed by atoms with Crippen molar-refractivity contribution >= 4 is 10.9 Å². The van der Waals surface area contributed by atoms with E-state index in [1.807, 2.05) is 11.7 Å². The highest BCUT2D eigenvalue weighted by molar-refractivity contribution is 5.81. The molecule has 0 spiro atoms. The fourth-order valence-corrected chi connectivity index (χ4v) is 3.43. The molecule has 0 radical (unpaired) electrons. The summed E-state index contributed by atoms with van der Waals surface area (Å²) in [6.45, 7) is 7.77. The minimum atomic E-state index is 0.786. The maximum absolute atomic E-state index is 4.73. The summed E-state index contributed by atoms with van der Waals surface area (Å²) in [5.41, 5.74) is 2.45. The minimum absolute atomic E-state index is 0.786. The Bertz CT molecular complexity index is 589. The SMILES string of the molecule is CCNCC1CCCN(Cc2nn(C)c3ccccc23)C1. The van der Waals surface area contributed by atoms with Crippen LogP contribution in [-0.2, 0) is 13.6 Å². The Kier molecular flexibility index (Phi) is 4.56. The van der Waals surface area contributed by atoms with Crippen molar-refractivity contribution in [1.82, 2.24) is 20.0 Å². The monoisotopic (exact) mass is 286 g/mol. The highest BCUT2D eigenvalue weighted by Gasteiger charge is 2.21. The van der Waals surface area contributed by atoms with Crippen molar-refractivity contribution < 1.29 is 0 Å². The molecule has 1 aromatic heterocycles. The topological polar surface area (TPSA) is 33.1 Å². The van der Waals surface area contributed by atoms with Gasteiger partial charge in [0.1, 0.15) is 0 Å². The van der Waals surface area contributed by atoms with E-state index in [4.69, 9.17) is 5.10 Å². The molecular formula is C17H26N4. The quantitative estimate of drug-likeness (QED) is 0.916. The van der Waals surface area contributed by atoms with Gasteiger partial charge in [-0.25, -0.2) is 0 Å². The van der Waals surface area contributed by atoms with E-state index in [-0.39, 0.29) is 0 Å². The van der Waals surface area contributed by atoms with Crippen molar-refractivity contribution in [2.24, 2.45) is 13.0 Å². The number of aryl methyl sites for hydroxylation is 1. The van der Waals surface area contributed by atoms with E-state index in [0.29, 0.717) is 0 Å². The lowest BCUT2D eigenvalue weighted by atomic mass is 9.97. The molecule has 1 N–H and O–H groups in total. The third-order valence-electron chi connectivity index (χ3n) is 4.49. The van der Waals surface area contributed by atoms with Crippen molar-refractivity contribution in [2.75, 3.05) is 26.2 Å². The number of aromatic nitrogens is 2. The first kappa shape index (κ1) is 14.5. The van der Waals surface area contributed by atoms with Gasteiger partial charge < -0.3 is 5.32 Å². The van der Waals surface area contributed by atoms with E-state index in [2.05, 4.69) is 41.4 Å². The molecule has 1 fully saturated rings. The number of hydrogen-bond donors (Lipinski definition) is 1. The zero-order valence-electron chi connectivity index (χ0n) is 13.2. The Balaban J connectivity index is 1.70. The zero-order chi connectivity index (χ0) is 14.7. The van der Waals surface area contributed by atoms with Gasteiger partial charge in [-0.15, -0.1) is 0 Å². The molecule has 4 heteroatoms. The summed E-state index contributed by atoms with van der Waals surface area (Å²) >= 11 is 0. The van der Waals surface area contributed by atoms with E-state index < -0.39 is 0 Å². The fraction of sp³-hybridized carbons (Fsp3) is 0.588. The maximum atomic E-state index is 4.73. The van der Waals surface area contributed by atoms with E-state index in [1.165, 1.54) is 42.5 Å². The van der Waals surface area contributed by atoms with E-state index in [9.17, 15) is 0 Å². The Labute approximate surface area is 127 Å². The number of fused-ring (bicyclic) bond motifs is 1. The van der Waals surface area contributed by atoms with E-state index in [1.54, 1.807) is 0 Å². The molecule has 1 unspecified atom stereocenters. The van der Waals surface area contributed by atoms with Gasteiger partial charge in [0.05, 0.1) is 11.2 Å². The molecule has 2 heterocycles. The third-order valence-corrected chi connectivity index (χ3v) is 4.49. The number of piperidine rings is 1. The summed E-state index contributed by atoms with van der Waals surface area (Å²) in [5, 5.41) is 9.52. The molecule has 3 rings (SSSR count). The molecule has 2 aromatic rings. The summed E-state index contributed by atoms with van der Waals surface area (Å²) < 4.78 is 2.00. The number of benzene rings is 1. The average molecular weight is 286 g/mol.